The van der Waals surface area contributed by atoms with Crippen molar-refractivity contribution in [3.63, 3.8) is 0 Å². The molecule has 0 bridgehead atoms. The number of nitrogens with zero attached hydrogens (tertiary/aromatic N) is 1. The van der Waals surface area contributed by atoms with Crippen molar-refractivity contribution in [2.45, 2.75) is 59.1 Å². The molecule has 1 unspecified atom stereocenters. The molecule has 1 aliphatic heterocycles. The highest BCUT2D eigenvalue weighted by Crippen LogP contribution is 2.42. The summed E-state index contributed by atoms with van der Waals surface area (Å²) in [4.78, 5) is 25.8. The van der Waals surface area contributed by atoms with Crippen LogP contribution in [0.25, 0.3) is 0 Å². The van der Waals surface area contributed by atoms with Gasteiger partial charge in [-0.05, 0) is 45.3 Å². The third kappa shape index (κ3) is 4.28. The van der Waals surface area contributed by atoms with Crippen LogP contribution in [0.15, 0.2) is 0 Å². The van der Waals surface area contributed by atoms with Crippen molar-refractivity contribution >= 4 is 23.8 Å². The third-order valence-electron chi connectivity index (χ3n) is 3.45. The van der Waals surface area contributed by atoms with E-state index < -0.39 is 23.2 Å². The number of carbonyl (C=O) groups excluding carboxylic acids is 1. The Morgan fingerprint density at radius 1 is 1.29 bits per heavy atom. The summed E-state index contributed by atoms with van der Waals surface area (Å²) in [5.74, 6) is 0.350. The molecule has 1 saturated heterocycles. The van der Waals surface area contributed by atoms with E-state index in [1.165, 1.54) is 4.90 Å². The standard InChI is InChI=1S/C15H27NO4S/c1-7-16(12(19)20-13(2,3)4)15(11(17)18)8-14(5,6)9-21-10-15/h7-10H2,1-6H3,(H,17,18). The number of carboxylic acid groups (broad SMARTS) is 1. The van der Waals surface area contributed by atoms with Crippen molar-refractivity contribution in [1.82, 2.24) is 4.90 Å². The first-order chi connectivity index (χ1) is 9.43. The van der Waals surface area contributed by atoms with Gasteiger partial charge in [-0.25, -0.2) is 9.59 Å². The highest BCUT2D eigenvalue weighted by molar-refractivity contribution is 7.99. The Bertz CT molecular complexity index is 416. The van der Waals surface area contributed by atoms with Crippen LogP contribution in [0.3, 0.4) is 0 Å². The molecule has 122 valence electrons. The van der Waals surface area contributed by atoms with Gasteiger partial charge in [0.1, 0.15) is 5.60 Å². The number of carbonyl (C=O) groups is 2. The minimum absolute atomic E-state index is 0.128. The number of hydrogen-bond donors (Lipinski definition) is 1. The fourth-order valence-electron chi connectivity index (χ4n) is 2.74. The second-order valence-corrected chi connectivity index (χ2v) is 8.38. The SMILES string of the molecule is CCN(C(=O)OC(C)(C)C)C1(C(=O)O)CSCC(C)(C)C1. The Morgan fingerprint density at radius 2 is 1.86 bits per heavy atom. The molecule has 5 nitrogen and oxygen atoms in total. The number of rotatable bonds is 3. The quantitative estimate of drug-likeness (QED) is 0.865. The molecule has 0 saturated carbocycles. The molecule has 0 aromatic rings. The van der Waals surface area contributed by atoms with Crippen molar-refractivity contribution in [3.8, 4) is 0 Å². The minimum Gasteiger partial charge on any atom is -0.479 e. The van der Waals surface area contributed by atoms with Gasteiger partial charge in [-0.1, -0.05) is 13.8 Å². The van der Waals surface area contributed by atoms with E-state index in [1.54, 1.807) is 39.5 Å². The van der Waals surface area contributed by atoms with Gasteiger partial charge in [0, 0.05) is 12.3 Å². The highest BCUT2D eigenvalue weighted by Gasteiger charge is 2.52. The maximum Gasteiger partial charge on any atom is 0.411 e. The Morgan fingerprint density at radius 3 is 2.24 bits per heavy atom. The molecule has 0 aromatic carbocycles. The first-order valence-electron chi connectivity index (χ1n) is 7.25. The molecule has 1 aliphatic rings. The average molecular weight is 317 g/mol. The number of likely N-dealkylation sites (N-methyl/N-ethyl adjacent to an activating group) is 1. The molecule has 0 spiro atoms. The molecule has 21 heavy (non-hydrogen) atoms. The zero-order valence-corrected chi connectivity index (χ0v) is 14.7. The van der Waals surface area contributed by atoms with E-state index in [4.69, 9.17) is 4.74 Å². The van der Waals surface area contributed by atoms with Gasteiger partial charge in [-0.3, -0.25) is 4.90 Å². The number of amides is 1. The molecule has 0 radical (unpaired) electrons. The van der Waals surface area contributed by atoms with E-state index in [9.17, 15) is 14.7 Å². The molecule has 1 N–H and O–H groups in total. The molecule has 1 fully saturated rings. The Balaban J connectivity index is 3.12. The normalized spacial score (nSPS) is 25.2. The van der Waals surface area contributed by atoms with Gasteiger partial charge in [0.15, 0.2) is 5.54 Å². The second-order valence-electron chi connectivity index (χ2n) is 7.40. The van der Waals surface area contributed by atoms with Crippen LogP contribution in [0.1, 0.15) is 48.0 Å². The van der Waals surface area contributed by atoms with Crippen molar-refractivity contribution in [2.24, 2.45) is 5.41 Å². The van der Waals surface area contributed by atoms with E-state index in [1.807, 2.05) is 13.8 Å². The zero-order chi connectivity index (χ0) is 16.5. The van der Waals surface area contributed by atoms with Crippen LogP contribution in [0.5, 0.6) is 0 Å². The van der Waals surface area contributed by atoms with Crippen LogP contribution in [0.2, 0.25) is 0 Å². The summed E-state index contributed by atoms with van der Waals surface area (Å²) in [7, 11) is 0. The van der Waals surface area contributed by atoms with Gasteiger partial charge in [0.2, 0.25) is 0 Å². The number of hydrogen-bond acceptors (Lipinski definition) is 4. The Labute approximate surface area is 131 Å². The van der Waals surface area contributed by atoms with Crippen molar-refractivity contribution < 1.29 is 19.4 Å². The highest BCUT2D eigenvalue weighted by atomic mass is 32.2. The van der Waals surface area contributed by atoms with E-state index in [2.05, 4.69) is 0 Å². The molecule has 1 rings (SSSR count). The molecule has 1 atom stereocenters. The lowest BCUT2D eigenvalue weighted by Gasteiger charge is -2.47. The minimum atomic E-state index is -1.19. The van der Waals surface area contributed by atoms with Gasteiger partial charge in [-0.2, -0.15) is 11.8 Å². The van der Waals surface area contributed by atoms with Crippen LogP contribution < -0.4 is 0 Å². The molecule has 6 heteroatoms. The monoisotopic (exact) mass is 317 g/mol. The topological polar surface area (TPSA) is 66.8 Å². The number of ether oxygens (including phenoxy) is 1. The molecule has 1 heterocycles. The first kappa shape index (κ1) is 18.1. The largest absolute Gasteiger partial charge is 0.479 e. The lowest BCUT2D eigenvalue weighted by molar-refractivity contribution is -0.152. The predicted molar refractivity (Wildman–Crippen MR) is 84.7 cm³/mol. The van der Waals surface area contributed by atoms with Crippen molar-refractivity contribution in [1.29, 1.82) is 0 Å². The Hall–Kier alpha value is -0.910. The number of carboxylic acids is 1. The van der Waals surface area contributed by atoms with Crippen LogP contribution in [0.4, 0.5) is 4.79 Å². The lowest BCUT2D eigenvalue weighted by atomic mass is 9.79. The molecular weight excluding hydrogens is 290 g/mol. The summed E-state index contributed by atoms with van der Waals surface area (Å²) >= 11 is 1.59. The number of thioether (sulfide) groups is 1. The zero-order valence-electron chi connectivity index (χ0n) is 13.9. The van der Waals surface area contributed by atoms with E-state index in [0.29, 0.717) is 18.7 Å². The van der Waals surface area contributed by atoms with Gasteiger partial charge in [-0.15, -0.1) is 0 Å². The van der Waals surface area contributed by atoms with Crippen LogP contribution in [-0.2, 0) is 9.53 Å². The maximum absolute atomic E-state index is 12.4. The van der Waals surface area contributed by atoms with E-state index in [-0.39, 0.29) is 5.41 Å². The summed E-state index contributed by atoms with van der Waals surface area (Å²) in [6.07, 6.45) is -0.110. The molecular formula is C15H27NO4S. The lowest BCUT2D eigenvalue weighted by Crippen LogP contribution is -2.63. The van der Waals surface area contributed by atoms with E-state index in [0.717, 1.165) is 5.75 Å². The van der Waals surface area contributed by atoms with Crippen molar-refractivity contribution in [2.75, 3.05) is 18.1 Å². The fourth-order valence-corrected chi connectivity index (χ4v) is 4.22. The third-order valence-corrected chi connectivity index (χ3v) is 5.12. The fraction of sp³-hybridized carbons (Fsp3) is 0.867. The van der Waals surface area contributed by atoms with Crippen molar-refractivity contribution in [3.05, 3.63) is 0 Å². The number of aliphatic carboxylic acids is 1. The van der Waals surface area contributed by atoms with Gasteiger partial charge >= 0.3 is 12.1 Å². The van der Waals surface area contributed by atoms with Gasteiger partial charge < -0.3 is 9.84 Å². The summed E-state index contributed by atoms with van der Waals surface area (Å²) in [6, 6.07) is 0. The van der Waals surface area contributed by atoms with Crippen LogP contribution >= 0.6 is 11.8 Å². The van der Waals surface area contributed by atoms with E-state index >= 15 is 0 Å². The second kappa shape index (κ2) is 6.07. The van der Waals surface area contributed by atoms with Crippen LogP contribution in [0, 0.1) is 5.41 Å². The summed E-state index contributed by atoms with van der Waals surface area (Å²) in [5, 5.41) is 9.81. The van der Waals surface area contributed by atoms with Gasteiger partial charge in [0.05, 0.1) is 0 Å². The first-order valence-corrected chi connectivity index (χ1v) is 8.41. The summed E-state index contributed by atoms with van der Waals surface area (Å²) < 4.78 is 5.40. The Kier molecular flexibility index (Phi) is 5.24. The smallest absolute Gasteiger partial charge is 0.411 e. The van der Waals surface area contributed by atoms with Gasteiger partial charge in [0.25, 0.3) is 0 Å². The summed E-state index contributed by atoms with van der Waals surface area (Å²) in [6.45, 7) is 11.5. The molecule has 0 aromatic heterocycles. The average Bonchev–Trinajstić information content (AvgIpc) is 2.25. The molecule has 0 aliphatic carbocycles. The molecule has 1 amide bonds. The maximum atomic E-state index is 12.4. The van der Waals surface area contributed by atoms with Crippen LogP contribution in [-0.4, -0.2) is 51.3 Å². The summed E-state index contributed by atoms with van der Waals surface area (Å²) in [5.41, 5.74) is -1.96. The predicted octanol–water partition coefficient (Wildman–Crippen LogP) is 3.23.